The summed E-state index contributed by atoms with van der Waals surface area (Å²) in [6.45, 7) is 15.0. The molecular weight excluding hydrogens is 226 g/mol. The molecular formula is C15H29NO2. The van der Waals surface area contributed by atoms with Crippen LogP contribution in [-0.2, 0) is 9.47 Å². The summed E-state index contributed by atoms with van der Waals surface area (Å²) in [7, 11) is 0. The lowest BCUT2D eigenvalue weighted by atomic mass is 9.78. The van der Waals surface area contributed by atoms with Crippen molar-refractivity contribution in [3.8, 4) is 0 Å². The molecule has 2 aliphatic heterocycles. The highest BCUT2D eigenvalue weighted by Gasteiger charge is 2.61. The maximum atomic E-state index is 6.68. The number of nitrogens with one attached hydrogen (secondary N) is 1. The second-order valence-corrected chi connectivity index (χ2v) is 7.14. The zero-order valence-corrected chi connectivity index (χ0v) is 12.9. The molecule has 2 aliphatic rings. The first-order valence-corrected chi connectivity index (χ1v) is 7.31. The van der Waals surface area contributed by atoms with Crippen molar-refractivity contribution >= 4 is 0 Å². The predicted molar refractivity (Wildman–Crippen MR) is 73.9 cm³/mol. The Hall–Kier alpha value is -0.120. The molecule has 1 N–H and O–H groups in total. The van der Waals surface area contributed by atoms with Crippen LogP contribution >= 0.6 is 0 Å². The van der Waals surface area contributed by atoms with Crippen LogP contribution in [-0.4, -0.2) is 35.5 Å². The summed E-state index contributed by atoms with van der Waals surface area (Å²) in [5.41, 5.74) is -0.560. The third-order valence-corrected chi connectivity index (χ3v) is 4.90. The molecule has 0 aromatic carbocycles. The third kappa shape index (κ3) is 2.10. The minimum absolute atomic E-state index is 0.0285. The molecule has 0 bridgehead atoms. The number of hydrogen-bond donors (Lipinski definition) is 1. The van der Waals surface area contributed by atoms with Gasteiger partial charge in [0, 0.05) is 19.5 Å². The van der Waals surface area contributed by atoms with Crippen LogP contribution in [0.3, 0.4) is 0 Å². The molecule has 1 spiro atoms. The Labute approximate surface area is 112 Å². The first kappa shape index (κ1) is 14.3. The van der Waals surface area contributed by atoms with E-state index in [4.69, 9.17) is 9.47 Å². The standard InChI is InChI=1S/C15H29NO2/c1-7-14(8-2)10-16-11-15(18-14)9-12(3,4)17-13(15,5)6/h16H,7-11H2,1-6H3. The Balaban J connectivity index is 2.31. The molecule has 1 atom stereocenters. The maximum absolute atomic E-state index is 6.68. The van der Waals surface area contributed by atoms with Crippen molar-refractivity contribution in [2.45, 2.75) is 83.2 Å². The number of hydrogen-bond acceptors (Lipinski definition) is 3. The van der Waals surface area contributed by atoms with Gasteiger partial charge < -0.3 is 14.8 Å². The fourth-order valence-electron chi connectivity index (χ4n) is 3.78. The molecule has 3 heteroatoms. The van der Waals surface area contributed by atoms with E-state index in [-0.39, 0.29) is 22.4 Å². The SMILES string of the molecule is CCC1(CC)CNCC2(CC(C)(C)OC2(C)C)O1. The monoisotopic (exact) mass is 255 g/mol. The minimum atomic E-state index is -0.237. The van der Waals surface area contributed by atoms with Crippen LogP contribution in [0.15, 0.2) is 0 Å². The van der Waals surface area contributed by atoms with Gasteiger partial charge in [-0.05, 0) is 40.5 Å². The van der Waals surface area contributed by atoms with Gasteiger partial charge in [0.2, 0.25) is 0 Å². The fraction of sp³-hybridized carbons (Fsp3) is 1.00. The topological polar surface area (TPSA) is 30.5 Å². The summed E-state index contributed by atoms with van der Waals surface area (Å²) in [5, 5.41) is 3.60. The summed E-state index contributed by atoms with van der Waals surface area (Å²) in [6.07, 6.45) is 3.06. The smallest absolute Gasteiger partial charge is 0.112 e. The van der Waals surface area contributed by atoms with E-state index in [1.807, 2.05) is 0 Å². The first-order valence-electron chi connectivity index (χ1n) is 7.31. The van der Waals surface area contributed by atoms with Crippen molar-refractivity contribution < 1.29 is 9.47 Å². The molecule has 3 nitrogen and oxygen atoms in total. The first-order chi connectivity index (χ1) is 8.20. The molecule has 2 fully saturated rings. The van der Waals surface area contributed by atoms with E-state index in [1.54, 1.807) is 0 Å². The van der Waals surface area contributed by atoms with E-state index in [2.05, 4.69) is 46.9 Å². The van der Waals surface area contributed by atoms with Crippen molar-refractivity contribution in [2.24, 2.45) is 0 Å². The molecule has 0 radical (unpaired) electrons. The van der Waals surface area contributed by atoms with Crippen molar-refractivity contribution in [3.63, 3.8) is 0 Å². The highest BCUT2D eigenvalue weighted by Crippen LogP contribution is 2.50. The van der Waals surface area contributed by atoms with E-state index >= 15 is 0 Å². The van der Waals surface area contributed by atoms with Gasteiger partial charge in [0.05, 0.1) is 16.8 Å². The predicted octanol–water partition coefficient (Wildman–Crippen LogP) is 2.88. The van der Waals surface area contributed by atoms with Crippen LogP contribution in [0, 0.1) is 0 Å². The zero-order valence-electron chi connectivity index (χ0n) is 12.9. The van der Waals surface area contributed by atoms with Crippen molar-refractivity contribution in [1.29, 1.82) is 0 Å². The normalized spacial score (nSPS) is 37.0. The highest BCUT2D eigenvalue weighted by atomic mass is 16.6. The lowest BCUT2D eigenvalue weighted by Crippen LogP contribution is -2.66. The van der Waals surface area contributed by atoms with Crippen LogP contribution in [0.5, 0.6) is 0 Å². The summed E-state index contributed by atoms with van der Waals surface area (Å²) >= 11 is 0. The van der Waals surface area contributed by atoms with Gasteiger partial charge in [-0.15, -0.1) is 0 Å². The Kier molecular flexibility index (Phi) is 3.33. The quantitative estimate of drug-likeness (QED) is 0.823. The summed E-state index contributed by atoms with van der Waals surface area (Å²) in [5.74, 6) is 0. The third-order valence-electron chi connectivity index (χ3n) is 4.90. The Morgan fingerprint density at radius 3 is 2.00 bits per heavy atom. The van der Waals surface area contributed by atoms with Crippen LogP contribution < -0.4 is 5.32 Å². The van der Waals surface area contributed by atoms with Gasteiger partial charge in [-0.1, -0.05) is 13.8 Å². The van der Waals surface area contributed by atoms with E-state index < -0.39 is 0 Å². The Morgan fingerprint density at radius 2 is 1.56 bits per heavy atom. The Morgan fingerprint density at radius 1 is 0.944 bits per heavy atom. The second kappa shape index (κ2) is 4.19. The average Bonchev–Trinajstić information content (AvgIpc) is 2.43. The molecule has 0 aromatic heterocycles. The number of rotatable bonds is 2. The molecule has 2 rings (SSSR count). The molecule has 106 valence electrons. The van der Waals surface area contributed by atoms with Gasteiger partial charge in [0.1, 0.15) is 5.60 Å². The number of ether oxygens (including phenoxy) is 2. The largest absolute Gasteiger partial charge is 0.367 e. The lowest BCUT2D eigenvalue weighted by Gasteiger charge is -2.51. The van der Waals surface area contributed by atoms with Crippen LogP contribution in [0.4, 0.5) is 0 Å². The summed E-state index contributed by atoms with van der Waals surface area (Å²) in [4.78, 5) is 0. The van der Waals surface area contributed by atoms with Crippen molar-refractivity contribution in [2.75, 3.05) is 13.1 Å². The Bertz CT molecular complexity index is 320. The molecule has 18 heavy (non-hydrogen) atoms. The zero-order chi connectivity index (χ0) is 13.7. The van der Waals surface area contributed by atoms with Gasteiger partial charge >= 0.3 is 0 Å². The molecule has 2 heterocycles. The molecule has 0 aromatic rings. The van der Waals surface area contributed by atoms with Crippen LogP contribution in [0.25, 0.3) is 0 Å². The maximum Gasteiger partial charge on any atom is 0.112 e. The summed E-state index contributed by atoms with van der Waals surface area (Å²) in [6, 6.07) is 0. The van der Waals surface area contributed by atoms with E-state index in [9.17, 15) is 0 Å². The molecule has 0 amide bonds. The van der Waals surface area contributed by atoms with E-state index in [0.717, 1.165) is 32.4 Å². The number of morpholine rings is 1. The van der Waals surface area contributed by atoms with Crippen molar-refractivity contribution in [3.05, 3.63) is 0 Å². The average molecular weight is 255 g/mol. The molecule has 0 saturated carbocycles. The lowest BCUT2D eigenvalue weighted by molar-refractivity contribution is -0.227. The molecule has 2 saturated heterocycles. The van der Waals surface area contributed by atoms with Crippen LogP contribution in [0.2, 0.25) is 0 Å². The highest BCUT2D eigenvalue weighted by molar-refractivity contribution is 5.12. The molecule has 0 aliphatic carbocycles. The second-order valence-electron chi connectivity index (χ2n) is 7.14. The van der Waals surface area contributed by atoms with E-state index in [0.29, 0.717) is 0 Å². The van der Waals surface area contributed by atoms with Gasteiger partial charge in [-0.25, -0.2) is 0 Å². The van der Waals surface area contributed by atoms with Crippen molar-refractivity contribution in [1.82, 2.24) is 5.32 Å². The fourth-order valence-corrected chi connectivity index (χ4v) is 3.78. The van der Waals surface area contributed by atoms with E-state index in [1.165, 1.54) is 0 Å². The van der Waals surface area contributed by atoms with Gasteiger partial charge in [0.15, 0.2) is 0 Å². The van der Waals surface area contributed by atoms with Gasteiger partial charge in [-0.3, -0.25) is 0 Å². The van der Waals surface area contributed by atoms with Gasteiger partial charge in [-0.2, -0.15) is 0 Å². The molecule has 1 unspecified atom stereocenters. The van der Waals surface area contributed by atoms with Crippen LogP contribution in [0.1, 0.15) is 60.8 Å². The minimum Gasteiger partial charge on any atom is -0.367 e. The van der Waals surface area contributed by atoms with Gasteiger partial charge in [0.25, 0.3) is 0 Å². The summed E-state index contributed by atoms with van der Waals surface area (Å²) < 4.78 is 12.9.